The molecule has 128 valence electrons. The summed E-state index contributed by atoms with van der Waals surface area (Å²) in [5, 5.41) is 0. The second-order valence-corrected chi connectivity index (χ2v) is 7.19. The second-order valence-electron chi connectivity index (χ2n) is 7.19. The van der Waals surface area contributed by atoms with E-state index in [-0.39, 0.29) is 18.1 Å². The van der Waals surface area contributed by atoms with Gasteiger partial charge in [0.25, 0.3) is 0 Å². The summed E-state index contributed by atoms with van der Waals surface area (Å²) >= 11 is 0. The van der Waals surface area contributed by atoms with E-state index in [1.54, 1.807) is 0 Å². The highest BCUT2D eigenvalue weighted by Gasteiger charge is 2.23. The van der Waals surface area contributed by atoms with Gasteiger partial charge >= 0.3 is 5.97 Å². The Balaban J connectivity index is 1.90. The number of hydrogen-bond acceptors (Lipinski definition) is 3. The summed E-state index contributed by atoms with van der Waals surface area (Å²) in [4.78, 5) is 14.7. The molecule has 1 saturated heterocycles. The van der Waals surface area contributed by atoms with Gasteiger partial charge in [-0.15, -0.1) is 0 Å². The van der Waals surface area contributed by atoms with E-state index in [1.165, 1.54) is 24.8 Å². The van der Waals surface area contributed by atoms with E-state index < -0.39 is 0 Å². The van der Waals surface area contributed by atoms with Crippen molar-refractivity contribution in [1.29, 1.82) is 0 Å². The largest absolute Gasteiger partial charge is 0.446 e. The molecule has 1 aromatic carbocycles. The zero-order valence-electron chi connectivity index (χ0n) is 15.0. The number of nitrogens with zero attached hydrogens (tertiary/aromatic N) is 1. The number of carbonyl (C=O) groups is 1. The summed E-state index contributed by atoms with van der Waals surface area (Å²) in [5.74, 6) is 0.309. The zero-order chi connectivity index (χ0) is 16.8. The number of carbonyl (C=O) groups excluding carboxylic acids is 1. The zero-order valence-corrected chi connectivity index (χ0v) is 15.0. The highest BCUT2D eigenvalue weighted by molar-refractivity contribution is 5.77. The number of likely N-dealkylation sites (tertiary alicyclic amines) is 1. The number of piperidine rings is 1. The molecule has 3 nitrogen and oxygen atoms in total. The third-order valence-electron chi connectivity index (χ3n) is 4.67. The van der Waals surface area contributed by atoms with Crippen molar-refractivity contribution in [1.82, 2.24) is 4.90 Å². The van der Waals surface area contributed by atoms with Gasteiger partial charge in [-0.05, 0) is 50.2 Å². The summed E-state index contributed by atoms with van der Waals surface area (Å²) in [5.41, 5.74) is 2.36. The van der Waals surface area contributed by atoms with Crippen LogP contribution in [-0.2, 0) is 16.0 Å². The third kappa shape index (κ3) is 5.35. The Morgan fingerprint density at radius 1 is 1.04 bits per heavy atom. The van der Waals surface area contributed by atoms with Crippen LogP contribution in [0, 0.1) is 5.92 Å². The lowest BCUT2D eigenvalue weighted by Crippen LogP contribution is -2.40. The summed E-state index contributed by atoms with van der Waals surface area (Å²) < 4.78 is 5.69. The Morgan fingerprint density at radius 2 is 1.65 bits per heavy atom. The van der Waals surface area contributed by atoms with Crippen LogP contribution in [0.3, 0.4) is 0 Å². The Hall–Kier alpha value is -1.35. The third-order valence-corrected chi connectivity index (χ3v) is 4.67. The normalized spacial score (nSPS) is 18.7. The average molecular weight is 317 g/mol. The first-order valence-corrected chi connectivity index (χ1v) is 9.00. The van der Waals surface area contributed by atoms with Crippen LogP contribution in [0.4, 0.5) is 0 Å². The van der Waals surface area contributed by atoms with Crippen molar-refractivity contribution in [2.45, 2.75) is 65.5 Å². The Bertz CT molecular complexity index is 489. The molecule has 0 saturated carbocycles. The maximum Gasteiger partial charge on any atom is 0.314 e. The first-order chi connectivity index (χ1) is 11.0. The van der Waals surface area contributed by atoms with Crippen molar-refractivity contribution in [2.75, 3.05) is 13.1 Å². The van der Waals surface area contributed by atoms with Crippen molar-refractivity contribution >= 4 is 5.97 Å². The van der Waals surface area contributed by atoms with Gasteiger partial charge in [-0.1, -0.05) is 44.5 Å². The summed E-state index contributed by atoms with van der Waals surface area (Å²) in [6.45, 7) is 10.4. The Morgan fingerprint density at radius 3 is 2.22 bits per heavy atom. The van der Waals surface area contributed by atoms with E-state index >= 15 is 0 Å². The minimum Gasteiger partial charge on any atom is -0.446 e. The molecule has 3 heteroatoms. The van der Waals surface area contributed by atoms with E-state index in [4.69, 9.17) is 4.74 Å². The molecule has 1 aliphatic heterocycles. The van der Waals surface area contributed by atoms with Crippen LogP contribution in [0.1, 0.15) is 64.0 Å². The molecule has 2 rings (SSSR count). The Kier molecular flexibility index (Phi) is 6.64. The van der Waals surface area contributed by atoms with E-state index in [0.717, 1.165) is 25.1 Å². The van der Waals surface area contributed by atoms with Gasteiger partial charge in [0.2, 0.25) is 0 Å². The number of rotatable bonds is 6. The molecule has 0 radical (unpaired) electrons. The van der Waals surface area contributed by atoms with Crippen LogP contribution < -0.4 is 0 Å². The summed E-state index contributed by atoms with van der Waals surface area (Å²) in [7, 11) is 0. The van der Waals surface area contributed by atoms with Crippen molar-refractivity contribution in [3.63, 3.8) is 0 Å². The van der Waals surface area contributed by atoms with E-state index in [9.17, 15) is 4.79 Å². The number of benzene rings is 1. The van der Waals surface area contributed by atoms with Crippen molar-refractivity contribution in [2.24, 2.45) is 5.92 Å². The van der Waals surface area contributed by atoms with Gasteiger partial charge < -0.3 is 4.74 Å². The first-order valence-electron chi connectivity index (χ1n) is 9.00. The molecular weight excluding hydrogens is 286 g/mol. The maximum atomic E-state index is 12.4. The minimum atomic E-state index is -0.213. The van der Waals surface area contributed by atoms with Gasteiger partial charge in [0.05, 0.1) is 5.92 Å². The van der Waals surface area contributed by atoms with Crippen molar-refractivity contribution in [3.8, 4) is 0 Å². The molecule has 2 atom stereocenters. The standard InChI is InChI=1S/C20H31NO2/c1-15(2)14-18-8-10-19(11-9-18)16(3)20(22)23-17(4)21-12-6-5-7-13-21/h8-11,15-17H,5-7,12-14H2,1-4H3. The van der Waals surface area contributed by atoms with E-state index in [2.05, 4.69) is 43.0 Å². The quantitative estimate of drug-likeness (QED) is 0.730. The fourth-order valence-electron chi connectivity index (χ4n) is 3.18. The van der Waals surface area contributed by atoms with E-state index in [0.29, 0.717) is 5.92 Å². The summed E-state index contributed by atoms with van der Waals surface area (Å²) in [6.07, 6.45) is 4.65. The number of esters is 1. The van der Waals surface area contributed by atoms with Gasteiger partial charge in [-0.25, -0.2) is 0 Å². The smallest absolute Gasteiger partial charge is 0.314 e. The predicted molar refractivity (Wildman–Crippen MR) is 94.4 cm³/mol. The maximum absolute atomic E-state index is 12.4. The fraction of sp³-hybridized carbons (Fsp3) is 0.650. The lowest BCUT2D eigenvalue weighted by molar-refractivity contribution is -0.159. The molecule has 1 aromatic rings. The highest BCUT2D eigenvalue weighted by Crippen LogP contribution is 2.21. The molecule has 0 amide bonds. The van der Waals surface area contributed by atoms with Crippen LogP contribution in [0.25, 0.3) is 0 Å². The van der Waals surface area contributed by atoms with Gasteiger partial charge in [-0.2, -0.15) is 0 Å². The Labute approximate surface area is 141 Å². The predicted octanol–water partition coefficient (Wildman–Crippen LogP) is 4.36. The SMILES string of the molecule is CC(C)Cc1ccc(C(C)C(=O)OC(C)N2CCCCC2)cc1. The van der Waals surface area contributed by atoms with Gasteiger partial charge in [0.15, 0.2) is 6.23 Å². The molecule has 0 spiro atoms. The molecule has 1 fully saturated rings. The van der Waals surface area contributed by atoms with Crippen LogP contribution in [-0.4, -0.2) is 30.2 Å². The molecule has 0 aliphatic carbocycles. The van der Waals surface area contributed by atoms with Gasteiger partial charge in [-0.3, -0.25) is 9.69 Å². The minimum absolute atomic E-state index is 0.120. The molecule has 2 unspecified atom stereocenters. The van der Waals surface area contributed by atoms with Crippen LogP contribution in [0.2, 0.25) is 0 Å². The lowest BCUT2D eigenvalue weighted by Gasteiger charge is -2.32. The number of hydrogen-bond donors (Lipinski definition) is 0. The second kappa shape index (κ2) is 8.49. The van der Waals surface area contributed by atoms with Gasteiger partial charge in [0.1, 0.15) is 0 Å². The van der Waals surface area contributed by atoms with E-state index in [1.807, 2.05) is 13.8 Å². The van der Waals surface area contributed by atoms with Crippen LogP contribution in [0.15, 0.2) is 24.3 Å². The molecule has 0 N–H and O–H groups in total. The monoisotopic (exact) mass is 317 g/mol. The molecule has 1 heterocycles. The van der Waals surface area contributed by atoms with Crippen molar-refractivity contribution in [3.05, 3.63) is 35.4 Å². The van der Waals surface area contributed by atoms with Gasteiger partial charge in [0, 0.05) is 13.1 Å². The first kappa shape index (κ1) is 18.0. The molecule has 0 bridgehead atoms. The van der Waals surface area contributed by atoms with Crippen LogP contribution in [0.5, 0.6) is 0 Å². The molecule has 1 aliphatic rings. The number of ether oxygens (including phenoxy) is 1. The molecule has 23 heavy (non-hydrogen) atoms. The molecular formula is C20H31NO2. The summed E-state index contributed by atoms with van der Waals surface area (Å²) in [6, 6.07) is 8.39. The molecule has 0 aromatic heterocycles. The average Bonchev–Trinajstić information content (AvgIpc) is 2.55. The lowest BCUT2D eigenvalue weighted by atomic mass is 9.97. The van der Waals surface area contributed by atoms with Crippen LogP contribution >= 0.6 is 0 Å². The topological polar surface area (TPSA) is 29.5 Å². The fourth-order valence-corrected chi connectivity index (χ4v) is 3.18. The van der Waals surface area contributed by atoms with Crippen molar-refractivity contribution < 1.29 is 9.53 Å². The highest BCUT2D eigenvalue weighted by atomic mass is 16.6.